The summed E-state index contributed by atoms with van der Waals surface area (Å²) in [5, 5.41) is 31.9. The average Bonchev–Trinajstić information content (AvgIpc) is 3.95. The Morgan fingerprint density at radius 2 is 1.15 bits per heavy atom. The molecule has 2 aliphatic heterocycles. The molecule has 0 unspecified atom stereocenters. The Labute approximate surface area is 415 Å². The van der Waals surface area contributed by atoms with E-state index >= 15 is 0 Å². The van der Waals surface area contributed by atoms with Gasteiger partial charge in [-0.1, -0.05) is 87.6 Å². The quantitative estimate of drug-likeness (QED) is 0.0528. The maximum absolute atomic E-state index is 12.0. The number of Topliss-reactive ketones (excluding diaryl/α,β-unsaturated/α-hetero) is 1. The van der Waals surface area contributed by atoms with Gasteiger partial charge in [-0.25, -0.2) is 0 Å². The molecule has 8 rings (SSSR count). The Morgan fingerprint density at radius 1 is 0.690 bits per heavy atom. The molecule has 0 spiro atoms. The molecule has 6 aromatic rings. The first-order valence-corrected chi connectivity index (χ1v) is 22.2. The third-order valence-electron chi connectivity index (χ3n) is 11.6. The average molecular weight is 968 g/mol. The Morgan fingerprint density at radius 3 is 1.59 bits per heavy atom. The zero-order chi connectivity index (χ0) is 50.0. The minimum absolute atomic E-state index is 0. The predicted octanol–water partition coefficient (Wildman–Crippen LogP) is 11.2. The van der Waals surface area contributed by atoms with Crippen LogP contribution in [0.4, 0.5) is 11.4 Å². The van der Waals surface area contributed by atoms with E-state index in [0.29, 0.717) is 34.0 Å². The number of ketones is 1. The van der Waals surface area contributed by atoms with E-state index in [2.05, 4.69) is 72.3 Å². The van der Waals surface area contributed by atoms with Crippen molar-refractivity contribution in [1.29, 1.82) is 0 Å². The lowest BCUT2D eigenvalue weighted by atomic mass is 9.79. The van der Waals surface area contributed by atoms with E-state index in [1.807, 2.05) is 0 Å². The number of aliphatic hydroxyl groups excluding tert-OH is 1. The number of nitro groups is 2. The first kappa shape index (κ1) is 55.9. The lowest BCUT2D eigenvalue weighted by molar-refractivity contribution is -0.385. The molecule has 0 saturated carbocycles. The lowest BCUT2D eigenvalue weighted by Gasteiger charge is -2.36. The second-order valence-electron chi connectivity index (χ2n) is 16.9. The predicted molar refractivity (Wildman–Crippen MR) is 275 cm³/mol. The molecule has 0 radical (unpaired) electrons. The molecule has 2 heterocycles. The van der Waals surface area contributed by atoms with Gasteiger partial charge in [-0.2, -0.15) is 0 Å². The van der Waals surface area contributed by atoms with Gasteiger partial charge in [-0.15, -0.1) is 0 Å². The van der Waals surface area contributed by atoms with E-state index in [1.54, 1.807) is 71.5 Å². The van der Waals surface area contributed by atoms with Crippen molar-refractivity contribution < 1.29 is 43.5 Å². The Balaban J connectivity index is 0.000000228. The third-order valence-corrected chi connectivity index (χ3v) is 11.6. The van der Waals surface area contributed by atoms with E-state index in [-0.39, 0.29) is 73.7 Å². The standard InChI is InChI=1S/C18H20BNO.C17H18N2O5.C17H16N2O5.2CH4/c1-19-20-14-8-13-17(20)18(21-19,15-9-4-2-5-10-15)16-11-6-3-7-12-16;2*1-11(20)12-7-8-15(19(22)23)16(10-12)24-14-6-4-5-13(9-14)17(21)18(2)3;;/h2-7,9-12,17H,8,13-14H2,1H3;4-11,20H,1-3H3;4-10H,1-3H3;2*1H4/t17-;11-;;;/m10.../s1. The number of hydrogen-bond acceptors (Lipinski definition) is 12. The van der Waals surface area contributed by atoms with Gasteiger partial charge in [0, 0.05) is 63.1 Å². The summed E-state index contributed by atoms with van der Waals surface area (Å²) in [6.45, 7) is 6.25. The number of hydrogen-bond donors (Lipinski definition) is 1. The molecule has 2 atom stereocenters. The van der Waals surface area contributed by atoms with Crippen molar-refractivity contribution in [1.82, 2.24) is 14.6 Å². The summed E-state index contributed by atoms with van der Waals surface area (Å²) in [4.78, 5) is 62.0. The molecule has 0 bridgehead atoms. The van der Waals surface area contributed by atoms with Gasteiger partial charge in [0.1, 0.15) is 17.1 Å². The molecule has 6 aromatic carbocycles. The topological polar surface area (TPSA) is 195 Å². The van der Waals surface area contributed by atoms with Gasteiger partial charge in [0.25, 0.3) is 11.8 Å². The van der Waals surface area contributed by atoms with Crippen LogP contribution in [0.1, 0.15) is 95.4 Å². The van der Waals surface area contributed by atoms with Crippen molar-refractivity contribution in [3.05, 3.63) is 199 Å². The zero-order valence-corrected chi connectivity index (χ0v) is 39.5. The van der Waals surface area contributed by atoms with Crippen LogP contribution in [-0.2, 0) is 10.3 Å². The summed E-state index contributed by atoms with van der Waals surface area (Å²) in [7, 11) is 6.69. The van der Waals surface area contributed by atoms with E-state index in [9.17, 15) is 39.7 Å². The van der Waals surface area contributed by atoms with Crippen LogP contribution in [0.2, 0.25) is 6.82 Å². The first-order valence-electron chi connectivity index (χ1n) is 22.2. The van der Waals surface area contributed by atoms with Crippen LogP contribution in [0, 0.1) is 20.2 Å². The van der Waals surface area contributed by atoms with Gasteiger partial charge in [0.2, 0.25) is 11.5 Å². The van der Waals surface area contributed by atoms with Gasteiger partial charge >= 0.3 is 18.4 Å². The monoisotopic (exact) mass is 967 g/mol. The number of carbonyl (C=O) groups excluding carboxylic acids is 3. The number of fused-ring (bicyclic) bond motifs is 1. The summed E-state index contributed by atoms with van der Waals surface area (Å²) in [5.74, 6) is -0.124. The van der Waals surface area contributed by atoms with Crippen LogP contribution in [0.15, 0.2) is 146 Å². The second-order valence-corrected chi connectivity index (χ2v) is 16.9. The fourth-order valence-electron chi connectivity index (χ4n) is 8.28. The summed E-state index contributed by atoms with van der Waals surface area (Å²) in [5.41, 5.74) is 3.35. The van der Waals surface area contributed by atoms with Crippen molar-refractivity contribution >= 4 is 36.0 Å². The number of rotatable bonds is 12. The molecule has 71 heavy (non-hydrogen) atoms. The normalized spacial score (nSPS) is 14.5. The van der Waals surface area contributed by atoms with E-state index < -0.39 is 16.0 Å². The molecule has 2 aliphatic rings. The number of carbonyl (C=O) groups is 3. The Kier molecular flexibility index (Phi) is 19.4. The first-order chi connectivity index (χ1) is 32.9. The largest absolute Gasteiger partial charge is 0.450 e. The van der Waals surface area contributed by atoms with Gasteiger partial charge in [0.15, 0.2) is 5.78 Å². The number of amides is 2. The number of aliphatic hydroxyl groups is 1. The highest BCUT2D eigenvalue weighted by Gasteiger charge is 2.56. The molecule has 2 saturated heterocycles. The molecular weight excluding hydrogens is 905 g/mol. The second kappa shape index (κ2) is 24.7. The smallest absolute Gasteiger partial charge is 0.380 e. The van der Waals surface area contributed by atoms with Crippen molar-refractivity contribution in [2.45, 2.75) is 66.1 Å². The van der Waals surface area contributed by atoms with Crippen LogP contribution in [0.3, 0.4) is 0 Å². The summed E-state index contributed by atoms with van der Waals surface area (Å²) in [6.07, 6.45) is 1.68. The van der Waals surface area contributed by atoms with Crippen molar-refractivity contribution in [3.8, 4) is 23.0 Å². The summed E-state index contributed by atoms with van der Waals surface area (Å²) >= 11 is 0. The highest BCUT2D eigenvalue weighted by molar-refractivity contribution is 6.48. The van der Waals surface area contributed by atoms with Crippen LogP contribution in [0.5, 0.6) is 23.0 Å². The van der Waals surface area contributed by atoms with Gasteiger partial charge in [-0.3, -0.25) is 34.6 Å². The van der Waals surface area contributed by atoms with Crippen LogP contribution in [0.25, 0.3) is 0 Å². The van der Waals surface area contributed by atoms with Crippen LogP contribution >= 0.6 is 0 Å². The van der Waals surface area contributed by atoms with Gasteiger partial charge in [0.05, 0.1) is 16.0 Å². The molecule has 2 fully saturated rings. The fraction of sp³-hybridized carbons (Fsp3) is 0.278. The summed E-state index contributed by atoms with van der Waals surface area (Å²) < 4.78 is 17.8. The number of nitro benzene ring substituents is 2. The Hall–Kier alpha value is -7.73. The van der Waals surface area contributed by atoms with E-state index in [1.165, 1.54) is 89.2 Å². The highest BCUT2D eigenvalue weighted by Crippen LogP contribution is 2.49. The molecule has 16 nitrogen and oxygen atoms in total. The lowest BCUT2D eigenvalue weighted by Crippen LogP contribution is -2.41. The maximum atomic E-state index is 12.0. The van der Waals surface area contributed by atoms with Crippen LogP contribution in [-0.4, -0.2) is 95.0 Å². The minimum atomic E-state index is -0.783. The van der Waals surface area contributed by atoms with E-state index in [4.69, 9.17) is 14.1 Å². The molecular formula is C54H62BN5O11. The maximum Gasteiger partial charge on any atom is 0.380 e. The molecule has 0 aliphatic carbocycles. The molecule has 1 N–H and O–H groups in total. The van der Waals surface area contributed by atoms with Crippen molar-refractivity contribution in [2.75, 3.05) is 34.7 Å². The molecule has 0 aromatic heterocycles. The SMILES string of the molecule is C.C.CB1OC(c2ccccc2)(c2ccccc2)[C@H]2CCCN12.CC(=O)c1ccc([N+](=O)[O-])c(Oc2cccc(C(=O)N(C)C)c2)c1.C[C@H](O)c1ccc([N+](=O)[O-])c(Oc2cccc(C(=O)N(C)C)c2)c1. The van der Waals surface area contributed by atoms with Crippen LogP contribution < -0.4 is 9.47 Å². The van der Waals surface area contributed by atoms with Crippen molar-refractivity contribution in [2.24, 2.45) is 0 Å². The minimum Gasteiger partial charge on any atom is -0.450 e. The van der Waals surface area contributed by atoms with Gasteiger partial charge in [-0.05, 0) is 117 Å². The molecule has 372 valence electrons. The third kappa shape index (κ3) is 13.1. The molecule has 17 heteroatoms. The number of ether oxygens (including phenoxy) is 2. The molecule has 2 amide bonds. The summed E-state index contributed by atoms with van der Waals surface area (Å²) in [6, 6.07) is 42.7. The van der Waals surface area contributed by atoms with E-state index in [0.717, 1.165) is 6.54 Å². The zero-order valence-electron chi connectivity index (χ0n) is 39.5. The number of benzene rings is 6. The van der Waals surface area contributed by atoms with Crippen molar-refractivity contribution in [3.63, 3.8) is 0 Å². The fourth-order valence-corrected chi connectivity index (χ4v) is 8.28. The number of nitrogens with zero attached hydrogens (tertiary/aromatic N) is 5. The highest BCUT2D eigenvalue weighted by atomic mass is 16.6. The van der Waals surface area contributed by atoms with Gasteiger partial charge < -0.3 is 33.8 Å². The Bertz CT molecular complexity index is 2770.